The fraction of sp³-hybridized carbons (Fsp3) is 0.308. The van der Waals surface area contributed by atoms with Gasteiger partial charge in [-0.15, -0.1) is 0 Å². The van der Waals surface area contributed by atoms with Crippen molar-refractivity contribution in [3.63, 3.8) is 0 Å². The van der Waals surface area contributed by atoms with Gasteiger partial charge in [-0.3, -0.25) is 9.59 Å². The molecule has 170 valence electrons. The molecule has 5 rings (SSSR count). The Kier molecular flexibility index (Phi) is 6.02. The van der Waals surface area contributed by atoms with E-state index in [2.05, 4.69) is 0 Å². The van der Waals surface area contributed by atoms with E-state index in [1.807, 2.05) is 65.6 Å². The highest BCUT2D eigenvalue weighted by atomic mass is 16.6. The molecule has 0 saturated carbocycles. The van der Waals surface area contributed by atoms with Gasteiger partial charge in [0.05, 0.1) is 0 Å². The second kappa shape index (κ2) is 9.40. The maximum Gasteiger partial charge on any atom is 0.267 e. The lowest BCUT2D eigenvalue weighted by Gasteiger charge is -2.37. The molecule has 0 radical (unpaired) electrons. The summed E-state index contributed by atoms with van der Waals surface area (Å²) < 4.78 is 17.4. The zero-order valence-electron chi connectivity index (χ0n) is 18.3. The number of para-hydroxylation sites is 2. The van der Waals surface area contributed by atoms with Crippen molar-refractivity contribution in [2.75, 3.05) is 32.8 Å². The molecule has 0 spiro atoms. The van der Waals surface area contributed by atoms with Gasteiger partial charge in [-0.2, -0.15) is 0 Å². The molecule has 1 aromatic heterocycles. The van der Waals surface area contributed by atoms with Crippen LogP contribution in [0.3, 0.4) is 0 Å². The van der Waals surface area contributed by atoms with Crippen molar-refractivity contribution in [3.8, 4) is 22.8 Å². The van der Waals surface area contributed by atoms with Crippen LogP contribution in [0, 0.1) is 0 Å². The SMILES string of the molecule is O=C(CCc1ccc(-c2ccccc2)o1)N1CCN(C(=O)[C@@H]2COc3ccccc3O2)CC1. The molecule has 1 atom stereocenters. The van der Waals surface area contributed by atoms with Crippen molar-refractivity contribution in [2.24, 2.45) is 0 Å². The molecular weight excluding hydrogens is 420 g/mol. The Morgan fingerprint density at radius 1 is 0.818 bits per heavy atom. The summed E-state index contributed by atoms with van der Waals surface area (Å²) in [6.45, 7) is 2.21. The molecule has 2 aromatic carbocycles. The van der Waals surface area contributed by atoms with Crippen molar-refractivity contribution in [1.29, 1.82) is 0 Å². The van der Waals surface area contributed by atoms with Crippen molar-refractivity contribution in [1.82, 2.24) is 9.80 Å². The first-order chi connectivity index (χ1) is 16.2. The molecule has 7 heteroatoms. The van der Waals surface area contributed by atoms with Crippen LogP contribution in [0.4, 0.5) is 0 Å². The third-order valence-corrected chi connectivity index (χ3v) is 6.03. The number of amides is 2. The summed E-state index contributed by atoms with van der Waals surface area (Å²) >= 11 is 0. The Labute approximate surface area is 192 Å². The van der Waals surface area contributed by atoms with Crippen LogP contribution in [0.25, 0.3) is 11.3 Å². The van der Waals surface area contributed by atoms with E-state index >= 15 is 0 Å². The molecule has 1 fully saturated rings. The number of carbonyl (C=O) groups excluding carboxylic acids is 2. The van der Waals surface area contributed by atoms with Gasteiger partial charge in [0.25, 0.3) is 5.91 Å². The van der Waals surface area contributed by atoms with E-state index < -0.39 is 6.10 Å². The molecule has 0 unspecified atom stereocenters. The monoisotopic (exact) mass is 446 g/mol. The molecule has 0 aliphatic carbocycles. The molecule has 3 aromatic rings. The Balaban J connectivity index is 1.09. The Morgan fingerprint density at radius 2 is 1.52 bits per heavy atom. The highest BCUT2D eigenvalue weighted by Gasteiger charge is 2.33. The number of nitrogens with zero attached hydrogens (tertiary/aromatic N) is 2. The maximum absolute atomic E-state index is 12.9. The first kappa shape index (κ1) is 21.1. The van der Waals surface area contributed by atoms with Crippen LogP contribution < -0.4 is 9.47 Å². The van der Waals surface area contributed by atoms with Crippen LogP contribution >= 0.6 is 0 Å². The first-order valence-corrected chi connectivity index (χ1v) is 11.3. The predicted octanol–water partition coefficient (Wildman–Crippen LogP) is 3.39. The topological polar surface area (TPSA) is 72.2 Å². The Hall–Kier alpha value is -3.74. The number of carbonyl (C=O) groups is 2. The zero-order valence-corrected chi connectivity index (χ0v) is 18.3. The van der Waals surface area contributed by atoms with Crippen molar-refractivity contribution in [2.45, 2.75) is 18.9 Å². The Morgan fingerprint density at radius 3 is 2.30 bits per heavy atom. The quantitative estimate of drug-likeness (QED) is 0.601. The van der Waals surface area contributed by atoms with Gasteiger partial charge in [-0.05, 0) is 24.3 Å². The van der Waals surface area contributed by atoms with Gasteiger partial charge < -0.3 is 23.7 Å². The Bertz CT molecular complexity index is 1120. The summed E-state index contributed by atoms with van der Waals surface area (Å²) in [6, 6.07) is 21.1. The van der Waals surface area contributed by atoms with Crippen LogP contribution in [0.5, 0.6) is 11.5 Å². The summed E-state index contributed by atoms with van der Waals surface area (Å²) in [5.74, 6) is 2.83. The molecule has 0 bridgehead atoms. The summed E-state index contributed by atoms with van der Waals surface area (Å²) in [5.41, 5.74) is 1.02. The van der Waals surface area contributed by atoms with E-state index in [0.29, 0.717) is 50.5 Å². The van der Waals surface area contributed by atoms with E-state index in [4.69, 9.17) is 13.9 Å². The number of furan rings is 1. The highest BCUT2D eigenvalue weighted by Crippen LogP contribution is 2.31. The van der Waals surface area contributed by atoms with Gasteiger partial charge in [0.2, 0.25) is 12.0 Å². The molecule has 3 heterocycles. The number of ether oxygens (including phenoxy) is 2. The molecule has 2 amide bonds. The molecule has 1 saturated heterocycles. The minimum Gasteiger partial charge on any atom is -0.485 e. The lowest BCUT2D eigenvalue weighted by molar-refractivity contribution is -0.146. The molecule has 2 aliphatic rings. The molecule has 7 nitrogen and oxygen atoms in total. The maximum atomic E-state index is 12.9. The van der Waals surface area contributed by atoms with Crippen molar-refractivity contribution < 1.29 is 23.5 Å². The van der Waals surface area contributed by atoms with Crippen LogP contribution in [0.15, 0.2) is 71.1 Å². The van der Waals surface area contributed by atoms with E-state index in [1.54, 1.807) is 11.0 Å². The standard InChI is InChI=1S/C26H26N2O5/c29-25(13-11-20-10-12-21(32-20)19-6-2-1-3-7-19)27-14-16-28(17-15-27)26(30)24-18-31-22-8-4-5-9-23(22)33-24/h1-10,12,24H,11,13-18H2/t24-/m0/s1. The average Bonchev–Trinajstić information content (AvgIpc) is 3.36. The van der Waals surface area contributed by atoms with Crippen molar-refractivity contribution >= 4 is 11.8 Å². The number of benzene rings is 2. The summed E-state index contributed by atoms with van der Waals surface area (Å²) in [7, 11) is 0. The summed E-state index contributed by atoms with van der Waals surface area (Å²) in [4.78, 5) is 29.1. The molecule has 0 N–H and O–H groups in total. The van der Waals surface area contributed by atoms with Gasteiger partial charge in [-0.25, -0.2) is 0 Å². The smallest absolute Gasteiger partial charge is 0.267 e. The van der Waals surface area contributed by atoms with Gasteiger partial charge in [-0.1, -0.05) is 42.5 Å². The van der Waals surface area contributed by atoms with Crippen LogP contribution in [-0.2, 0) is 16.0 Å². The largest absolute Gasteiger partial charge is 0.485 e. The third-order valence-electron chi connectivity index (χ3n) is 6.03. The summed E-state index contributed by atoms with van der Waals surface area (Å²) in [5, 5.41) is 0. The van der Waals surface area contributed by atoms with E-state index in [1.165, 1.54) is 0 Å². The van der Waals surface area contributed by atoms with Gasteiger partial charge >= 0.3 is 0 Å². The number of fused-ring (bicyclic) bond motifs is 1. The minimum absolute atomic E-state index is 0.0749. The van der Waals surface area contributed by atoms with Crippen LogP contribution in [-0.4, -0.2) is 60.5 Å². The summed E-state index contributed by atoms with van der Waals surface area (Å²) in [6.07, 6.45) is 0.281. The van der Waals surface area contributed by atoms with Crippen LogP contribution in [0.1, 0.15) is 12.2 Å². The number of hydrogen-bond donors (Lipinski definition) is 0. The fourth-order valence-electron chi connectivity index (χ4n) is 4.18. The van der Waals surface area contributed by atoms with Gasteiger partial charge in [0, 0.05) is 44.6 Å². The third kappa shape index (κ3) is 4.72. The fourth-order valence-corrected chi connectivity index (χ4v) is 4.18. The number of piperazine rings is 1. The second-order valence-electron chi connectivity index (χ2n) is 8.20. The number of rotatable bonds is 5. The predicted molar refractivity (Wildman–Crippen MR) is 122 cm³/mol. The van der Waals surface area contributed by atoms with E-state index in [-0.39, 0.29) is 18.4 Å². The van der Waals surface area contributed by atoms with E-state index in [9.17, 15) is 9.59 Å². The molecule has 33 heavy (non-hydrogen) atoms. The van der Waals surface area contributed by atoms with Gasteiger partial charge in [0.1, 0.15) is 18.1 Å². The lowest BCUT2D eigenvalue weighted by atomic mass is 10.2. The lowest BCUT2D eigenvalue weighted by Crippen LogP contribution is -2.55. The highest BCUT2D eigenvalue weighted by molar-refractivity contribution is 5.82. The number of aryl methyl sites for hydroxylation is 1. The molecule has 2 aliphatic heterocycles. The number of hydrogen-bond acceptors (Lipinski definition) is 5. The average molecular weight is 447 g/mol. The molecular formula is C26H26N2O5. The minimum atomic E-state index is -0.653. The zero-order chi connectivity index (χ0) is 22.6. The van der Waals surface area contributed by atoms with Crippen molar-refractivity contribution in [3.05, 3.63) is 72.5 Å². The van der Waals surface area contributed by atoms with E-state index in [0.717, 1.165) is 17.1 Å². The normalized spacial score (nSPS) is 17.6. The van der Waals surface area contributed by atoms with Crippen LogP contribution in [0.2, 0.25) is 0 Å². The second-order valence-corrected chi connectivity index (χ2v) is 8.20. The van der Waals surface area contributed by atoms with Gasteiger partial charge in [0.15, 0.2) is 11.5 Å². The first-order valence-electron chi connectivity index (χ1n) is 11.3.